The molecule has 0 bridgehead atoms. The summed E-state index contributed by atoms with van der Waals surface area (Å²) in [5.74, 6) is -1.01. The molecule has 0 N–H and O–H groups in total. The van der Waals surface area contributed by atoms with Crippen molar-refractivity contribution in [1.82, 2.24) is 0 Å². The van der Waals surface area contributed by atoms with Gasteiger partial charge in [0.05, 0.1) is 22.8 Å². The van der Waals surface area contributed by atoms with Crippen molar-refractivity contribution in [3.05, 3.63) is 71.8 Å². The van der Waals surface area contributed by atoms with E-state index in [1.54, 1.807) is 43.3 Å². The predicted molar refractivity (Wildman–Crippen MR) is 89.5 cm³/mol. The number of rotatable bonds is 6. The van der Waals surface area contributed by atoms with Crippen LogP contribution in [0.2, 0.25) is 0 Å². The SMILES string of the molecule is CCOC(=O)/C(=C/c1ccccc1)CS(=O)(=O)c1ccccc1. The molecule has 0 amide bonds. The van der Waals surface area contributed by atoms with Crippen molar-refractivity contribution in [2.24, 2.45) is 0 Å². The summed E-state index contributed by atoms with van der Waals surface area (Å²) in [6, 6.07) is 17.2. The molecule has 2 rings (SSSR count). The van der Waals surface area contributed by atoms with E-state index < -0.39 is 21.6 Å². The Morgan fingerprint density at radius 1 is 1.00 bits per heavy atom. The minimum Gasteiger partial charge on any atom is -0.463 e. The van der Waals surface area contributed by atoms with Gasteiger partial charge < -0.3 is 4.74 Å². The van der Waals surface area contributed by atoms with E-state index in [4.69, 9.17) is 4.74 Å². The lowest BCUT2D eigenvalue weighted by atomic mass is 10.1. The highest BCUT2D eigenvalue weighted by molar-refractivity contribution is 7.91. The van der Waals surface area contributed by atoms with Gasteiger partial charge in [-0.1, -0.05) is 48.5 Å². The molecule has 0 atom stereocenters. The van der Waals surface area contributed by atoms with Gasteiger partial charge in [0.15, 0.2) is 9.84 Å². The number of esters is 1. The van der Waals surface area contributed by atoms with Crippen LogP contribution in [0.1, 0.15) is 12.5 Å². The van der Waals surface area contributed by atoms with Crippen molar-refractivity contribution >= 4 is 21.9 Å². The number of sulfone groups is 1. The molecule has 120 valence electrons. The molecular formula is C18H18O4S. The van der Waals surface area contributed by atoms with Crippen LogP contribution in [0.3, 0.4) is 0 Å². The van der Waals surface area contributed by atoms with Crippen LogP contribution >= 0.6 is 0 Å². The molecule has 0 radical (unpaired) electrons. The van der Waals surface area contributed by atoms with Crippen LogP contribution in [0.15, 0.2) is 71.1 Å². The number of hydrogen-bond acceptors (Lipinski definition) is 4. The Hall–Kier alpha value is -2.40. The highest BCUT2D eigenvalue weighted by Gasteiger charge is 2.21. The molecule has 0 aliphatic heterocycles. The zero-order valence-corrected chi connectivity index (χ0v) is 13.6. The van der Waals surface area contributed by atoms with Gasteiger partial charge >= 0.3 is 5.97 Å². The maximum absolute atomic E-state index is 12.5. The molecule has 0 fully saturated rings. The van der Waals surface area contributed by atoms with Crippen LogP contribution in [0.4, 0.5) is 0 Å². The number of ether oxygens (including phenoxy) is 1. The lowest BCUT2D eigenvalue weighted by Crippen LogP contribution is -2.17. The Morgan fingerprint density at radius 3 is 2.13 bits per heavy atom. The molecule has 0 aromatic heterocycles. The molecule has 4 nitrogen and oxygen atoms in total. The first-order valence-corrected chi connectivity index (χ1v) is 8.88. The number of hydrogen-bond donors (Lipinski definition) is 0. The highest BCUT2D eigenvalue weighted by atomic mass is 32.2. The van der Waals surface area contributed by atoms with E-state index in [1.165, 1.54) is 12.1 Å². The summed E-state index contributed by atoms with van der Waals surface area (Å²) in [4.78, 5) is 12.3. The molecule has 0 saturated carbocycles. The maximum atomic E-state index is 12.5. The van der Waals surface area contributed by atoms with Crippen LogP contribution < -0.4 is 0 Å². The summed E-state index contributed by atoms with van der Waals surface area (Å²) in [6.45, 7) is 1.88. The predicted octanol–water partition coefficient (Wildman–Crippen LogP) is 3.11. The lowest BCUT2D eigenvalue weighted by Gasteiger charge is -2.09. The molecule has 2 aromatic carbocycles. The van der Waals surface area contributed by atoms with Crippen LogP contribution in [0, 0.1) is 0 Å². The minimum absolute atomic E-state index is 0.113. The van der Waals surface area contributed by atoms with Crippen molar-refractivity contribution in [2.45, 2.75) is 11.8 Å². The first-order chi connectivity index (χ1) is 11.0. The van der Waals surface area contributed by atoms with Gasteiger partial charge in [-0.2, -0.15) is 0 Å². The minimum atomic E-state index is -3.61. The molecule has 0 heterocycles. The lowest BCUT2D eigenvalue weighted by molar-refractivity contribution is -0.138. The second-order valence-corrected chi connectivity index (χ2v) is 6.86. The topological polar surface area (TPSA) is 60.4 Å². The zero-order chi connectivity index (χ0) is 16.7. The fourth-order valence-electron chi connectivity index (χ4n) is 2.05. The molecule has 0 spiro atoms. The zero-order valence-electron chi connectivity index (χ0n) is 12.8. The normalized spacial score (nSPS) is 12.0. The maximum Gasteiger partial charge on any atom is 0.335 e. The van der Waals surface area contributed by atoms with Gasteiger partial charge in [0, 0.05) is 0 Å². The Bertz CT molecular complexity index is 778. The van der Waals surface area contributed by atoms with E-state index in [1.807, 2.05) is 18.2 Å². The Labute approximate surface area is 136 Å². The van der Waals surface area contributed by atoms with Crippen molar-refractivity contribution in [3.8, 4) is 0 Å². The monoisotopic (exact) mass is 330 g/mol. The van der Waals surface area contributed by atoms with Crippen molar-refractivity contribution in [3.63, 3.8) is 0 Å². The van der Waals surface area contributed by atoms with E-state index in [0.717, 1.165) is 5.56 Å². The summed E-state index contributed by atoms with van der Waals surface area (Å²) >= 11 is 0. The Kier molecular flexibility index (Phi) is 5.71. The molecule has 2 aromatic rings. The van der Waals surface area contributed by atoms with E-state index in [-0.39, 0.29) is 17.1 Å². The summed E-state index contributed by atoms with van der Waals surface area (Å²) < 4.78 is 30.0. The molecular weight excluding hydrogens is 312 g/mol. The van der Waals surface area contributed by atoms with Crippen molar-refractivity contribution in [1.29, 1.82) is 0 Å². The average molecular weight is 330 g/mol. The van der Waals surface area contributed by atoms with Gasteiger partial charge in [-0.3, -0.25) is 0 Å². The van der Waals surface area contributed by atoms with Crippen LogP contribution in [-0.2, 0) is 19.4 Å². The number of carbonyl (C=O) groups is 1. The van der Waals surface area contributed by atoms with Crippen LogP contribution in [-0.4, -0.2) is 26.7 Å². The van der Waals surface area contributed by atoms with E-state index in [9.17, 15) is 13.2 Å². The smallest absolute Gasteiger partial charge is 0.335 e. The first-order valence-electron chi connectivity index (χ1n) is 7.23. The van der Waals surface area contributed by atoms with Gasteiger partial charge in [-0.15, -0.1) is 0 Å². The standard InChI is InChI=1S/C18H18O4S/c1-2-22-18(19)16(13-15-9-5-3-6-10-15)14-23(20,21)17-11-7-4-8-12-17/h3-13H,2,14H2,1H3/b16-13+. The highest BCUT2D eigenvalue weighted by Crippen LogP contribution is 2.17. The van der Waals surface area contributed by atoms with E-state index in [0.29, 0.717) is 0 Å². The fraction of sp³-hybridized carbons (Fsp3) is 0.167. The Morgan fingerprint density at radius 2 is 1.57 bits per heavy atom. The quantitative estimate of drug-likeness (QED) is 0.603. The second-order valence-electron chi connectivity index (χ2n) is 4.87. The van der Waals surface area contributed by atoms with Gasteiger partial charge in [0.2, 0.25) is 0 Å². The van der Waals surface area contributed by atoms with Crippen molar-refractivity contribution in [2.75, 3.05) is 12.4 Å². The fourth-order valence-corrected chi connectivity index (χ4v) is 3.40. The van der Waals surface area contributed by atoms with E-state index in [2.05, 4.69) is 0 Å². The third-order valence-corrected chi connectivity index (χ3v) is 4.81. The van der Waals surface area contributed by atoms with Gasteiger partial charge in [-0.25, -0.2) is 13.2 Å². The molecule has 5 heteroatoms. The van der Waals surface area contributed by atoms with Gasteiger partial charge in [0.25, 0.3) is 0 Å². The van der Waals surface area contributed by atoms with Crippen LogP contribution in [0.25, 0.3) is 6.08 Å². The second kappa shape index (κ2) is 7.74. The van der Waals surface area contributed by atoms with Gasteiger partial charge in [-0.05, 0) is 30.7 Å². The number of carbonyl (C=O) groups excluding carboxylic acids is 1. The van der Waals surface area contributed by atoms with Crippen LogP contribution in [0.5, 0.6) is 0 Å². The number of benzene rings is 2. The molecule has 0 aliphatic rings. The average Bonchev–Trinajstić information content (AvgIpc) is 2.56. The van der Waals surface area contributed by atoms with Crippen molar-refractivity contribution < 1.29 is 17.9 Å². The van der Waals surface area contributed by atoms with E-state index >= 15 is 0 Å². The molecule has 0 aliphatic carbocycles. The summed E-state index contributed by atoms with van der Waals surface area (Å²) in [5.41, 5.74) is 0.862. The molecule has 0 saturated heterocycles. The largest absolute Gasteiger partial charge is 0.463 e. The molecule has 23 heavy (non-hydrogen) atoms. The third kappa shape index (κ3) is 4.79. The Balaban J connectivity index is 2.35. The summed E-state index contributed by atoms with van der Waals surface area (Å²) in [7, 11) is -3.61. The van der Waals surface area contributed by atoms with Gasteiger partial charge in [0.1, 0.15) is 0 Å². The summed E-state index contributed by atoms with van der Waals surface area (Å²) in [5, 5.41) is 0. The first kappa shape index (κ1) is 17.0. The summed E-state index contributed by atoms with van der Waals surface area (Å²) in [6.07, 6.45) is 1.55. The molecule has 0 unspecified atom stereocenters. The third-order valence-electron chi connectivity index (χ3n) is 3.13.